The molecule has 0 bridgehead atoms. The number of methoxy groups -OCH3 is 1. The molecule has 27 heavy (non-hydrogen) atoms. The molecule has 3 aromatic rings. The van der Waals surface area contributed by atoms with Crippen molar-refractivity contribution in [2.45, 2.75) is 0 Å². The van der Waals surface area contributed by atoms with Gasteiger partial charge in [0.25, 0.3) is 5.91 Å². The number of hydrogen-bond donors (Lipinski definition) is 1. The Morgan fingerprint density at radius 2 is 1.63 bits per heavy atom. The summed E-state index contributed by atoms with van der Waals surface area (Å²) in [6.07, 6.45) is 3.22. The lowest BCUT2D eigenvalue weighted by molar-refractivity contribution is 0.0600. The first kappa shape index (κ1) is 18.1. The molecule has 1 aromatic heterocycles. The van der Waals surface area contributed by atoms with Gasteiger partial charge in [0.05, 0.1) is 30.1 Å². The van der Waals surface area contributed by atoms with Crippen molar-refractivity contribution in [3.8, 4) is 0 Å². The van der Waals surface area contributed by atoms with E-state index in [0.29, 0.717) is 16.8 Å². The summed E-state index contributed by atoms with van der Waals surface area (Å²) in [5, 5.41) is 2.80. The van der Waals surface area contributed by atoms with Crippen LogP contribution in [-0.2, 0) is 4.74 Å². The molecule has 2 aromatic carbocycles. The molecule has 0 spiro atoms. The van der Waals surface area contributed by atoms with Gasteiger partial charge in [0, 0.05) is 24.6 Å². The average molecular weight is 361 g/mol. The highest BCUT2D eigenvalue weighted by Gasteiger charge is 2.11. The van der Waals surface area contributed by atoms with E-state index in [-0.39, 0.29) is 5.91 Å². The van der Waals surface area contributed by atoms with E-state index < -0.39 is 5.97 Å². The minimum Gasteiger partial charge on any atom is -0.465 e. The monoisotopic (exact) mass is 361 g/mol. The zero-order chi connectivity index (χ0) is 19.2. The van der Waals surface area contributed by atoms with Gasteiger partial charge in [-0.2, -0.15) is 0 Å². The normalized spacial score (nSPS) is 10.1. The number of aromatic nitrogens is 1. The number of pyridine rings is 1. The van der Waals surface area contributed by atoms with Crippen LogP contribution >= 0.6 is 0 Å². The summed E-state index contributed by atoms with van der Waals surface area (Å²) in [5.74, 6) is -0.703. The molecule has 136 valence electrons. The summed E-state index contributed by atoms with van der Waals surface area (Å²) in [6, 6.07) is 18.1. The molecule has 6 heteroatoms. The molecule has 0 saturated heterocycles. The van der Waals surface area contributed by atoms with Crippen LogP contribution in [0.5, 0.6) is 0 Å². The molecule has 1 amide bonds. The molecule has 0 aliphatic rings. The van der Waals surface area contributed by atoms with Gasteiger partial charge in [-0.1, -0.05) is 18.2 Å². The zero-order valence-corrected chi connectivity index (χ0v) is 15.0. The lowest BCUT2D eigenvalue weighted by Gasteiger charge is -2.19. The van der Waals surface area contributed by atoms with Gasteiger partial charge in [-0.05, 0) is 42.5 Å². The quantitative estimate of drug-likeness (QED) is 0.698. The van der Waals surface area contributed by atoms with Gasteiger partial charge in [0.2, 0.25) is 0 Å². The lowest BCUT2D eigenvalue weighted by atomic mass is 10.2. The van der Waals surface area contributed by atoms with E-state index in [9.17, 15) is 9.59 Å². The Hall–Kier alpha value is -3.67. The Bertz CT molecular complexity index is 940. The van der Waals surface area contributed by atoms with E-state index in [1.165, 1.54) is 13.3 Å². The molecule has 0 radical (unpaired) electrons. The van der Waals surface area contributed by atoms with E-state index in [4.69, 9.17) is 0 Å². The highest BCUT2D eigenvalue weighted by Crippen LogP contribution is 2.23. The summed E-state index contributed by atoms with van der Waals surface area (Å²) in [5.41, 5.74) is 3.23. The lowest BCUT2D eigenvalue weighted by Crippen LogP contribution is -2.15. The van der Waals surface area contributed by atoms with Crippen LogP contribution in [0.3, 0.4) is 0 Å². The van der Waals surface area contributed by atoms with Crippen molar-refractivity contribution in [3.05, 3.63) is 84.2 Å². The van der Waals surface area contributed by atoms with Gasteiger partial charge in [0.15, 0.2) is 0 Å². The molecule has 0 atom stereocenters. The predicted octanol–water partition coefficient (Wildman–Crippen LogP) is 3.89. The predicted molar refractivity (Wildman–Crippen MR) is 104 cm³/mol. The van der Waals surface area contributed by atoms with Gasteiger partial charge < -0.3 is 15.0 Å². The topological polar surface area (TPSA) is 71.5 Å². The molecule has 1 N–H and O–H groups in total. The standard InChI is InChI=1S/C21H19N3O3/c1-24(18-6-4-3-5-7-18)19-12-16(13-22-14-19)20(25)23-17-10-8-15(9-11-17)21(26)27-2/h3-14H,1-2H3,(H,23,25). The number of nitrogens with zero attached hydrogens (tertiary/aromatic N) is 2. The molecule has 1 heterocycles. The van der Waals surface area contributed by atoms with Crippen LogP contribution in [0.1, 0.15) is 20.7 Å². The third kappa shape index (κ3) is 4.30. The fraction of sp³-hybridized carbons (Fsp3) is 0.0952. The van der Waals surface area contributed by atoms with E-state index in [0.717, 1.165) is 11.4 Å². The van der Waals surface area contributed by atoms with Crippen LogP contribution in [0.4, 0.5) is 17.1 Å². The van der Waals surface area contributed by atoms with Gasteiger partial charge in [-0.3, -0.25) is 9.78 Å². The number of para-hydroxylation sites is 1. The minimum atomic E-state index is -0.422. The summed E-state index contributed by atoms with van der Waals surface area (Å²) in [7, 11) is 3.24. The number of carbonyl (C=O) groups excluding carboxylic acids is 2. The highest BCUT2D eigenvalue weighted by molar-refractivity contribution is 6.04. The van der Waals surface area contributed by atoms with E-state index in [1.807, 2.05) is 42.3 Å². The maximum atomic E-state index is 12.5. The average Bonchev–Trinajstić information content (AvgIpc) is 2.74. The van der Waals surface area contributed by atoms with Crippen molar-refractivity contribution < 1.29 is 14.3 Å². The van der Waals surface area contributed by atoms with Crippen LogP contribution in [-0.4, -0.2) is 31.0 Å². The van der Waals surface area contributed by atoms with E-state index >= 15 is 0 Å². The number of nitrogens with one attached hydrogen (secondary N) is 1. The molecule has 0 aliphatic heterocycles. The van der Waals surface area contributed by atoms with Gasteiger partial charge in [0.1, 0.15) is 0 Å². The third-order valence-electron chi connectivity index (χ3n) is 4.08. The summed E-state index contributed by atoms with van der Waals surface area (Å²) in [6.45, 7) is 0. The number of hydrogen-bond acceptors (Lipinski definition) is 5. The van der Waals surface area contributed by atoms with Gasteiger partial charge in [-0.25, -0.2) is 4.79 Å². The fourth-order valence-electron chi connectivity index (χ4n) is 2.55. The highest BCUT2D eigenvalue weighted by atomic mass is 16.5. The van der Waals surface area contributed by atoms with Crippen LogP contribution in [0.2, 0.25) is 0 Å². The van der Waals surface area contributed by atoms with Crippen molar-refractivity contribution >= 4 is 28.9 Å². The number of ether oxygens (including phenoxy) is 1. The number of esters is 1. The first-order chi connectivity index (χ1) is 13.1. The second kappa shape index (κ2) is 8.14. The van der Waals surface area contributed by atoms with E-state index in [1.54, 1.807) is 36.5 Å². The molecule has 0 unspecified atom stereocenters. The van der Waals surface area contributed by atoms with Gasteiger partial charge >= 0.3 is 5.97 Å². The molecule has 3 rings (SSSR count). The number of rotatable bonds is 5. The summed E-state index contributed by atoms with van der Waals surface area (Å²) >= 11 is 0. The number of amides is 1. The van der Waals surface area contributed by atoms with Crippen LogP contribution in [0.25, 0.3) is 0 Å². The Balaban J connectivity index is 1.75. The van der Waals surface area contributed by atoms with Crippen molar-refractivity contribution in [1.82, 2.24) is 4.98 Å². The van der Waals surface area contributed by atoms with Crippen LogP contribution in [0, 0.1) is 0 Å². The van der Waals surface area contributed by atoms with Crippen LogP contribution < -0.4 is 10.2 Å². The molecule has 6 nitrogen and oxygen atoms in total. The summed E-state index contributed by atoms with van der Waals surface area (Å²) in [4.78, 5) is 30.1. The van der Waals surface area contributed by atoms with Gasteiger partial charge in [-0.15, -0.1) is 0 Å². The first-order valence-electron chi connectivity index (χ1n) is 8.32. The Labute approximate surface area is 157 Å². The minimum absolute atomic E-state index is 0.281. The largest absolute Gasteiger partial charge is 0.465 e. The Morgan fingerprint density at radius 1 is 0.926 bits per heavy atom. The molecule has 0 saturated carbocycles. The first-order valence-corrected chi connectivity index (χ1v) is 8.32. The summed E-state index contributed by atoms with van der Waals surface area (Å²) < 4.78 is 4.66. The maximum absolute atomic E-state index is 12.5. The van der Waals surface area contributed by atoms with Crippen molar-refractivity contribution in [3.63, 3.8) is 0 Å². The Kier molecular flexibility index (Phi) is 5.47. The molecule has 0 aliphatic carbocycles. The van der Waals surface area contributed by atoms with Crippen molar-refractivity contribution in [2.75, 3.05) is 24.4 Å². The fourth-order valence-corrected chi connectivity index (χ4v) is 2.55. The number of carbonyl (C=O) groups is 2. The number of benzene rings is 2. The number of anilines is 3. The smallest absolute Gasteiger partial charge is 0.337 e. The SMILES string of the molecule is COC(=O)c1ccc(NC(=O)c2cncc(N(C)c3ccccc3)c2)cc1. The molecule has 0 fully saturated rings. The second-order valence-electron chi connectivity index (χ2n) is 5.85. The maximum Gasteiger partial charge on any atom is 0.337 e. The van der Waals surface area contributed by atoms with Crippen molar-refractivity contribution in [2.24, 2.45) is 0 Å². The zero-order valence-electron chi connectivity index (χ0n) is 15.0. The van der Waals surface area contributed by atoms with Crippen LogP contribution in [0.15, 0.2) is 73.1 Å². The second-order valence-corrected chi connectivity index (χ2v) is 5.85. The van der Waals surface area contributed by atoms with Crippen molar-refractivity contribution in [1.29, 1.82) is 0 Å². The van der Waals surface area contributed by atoms with E-state index in [2.05, 4.69) is 15.0 Å². The molecular formula is C21H19N3O3. The molecular weight excluding hydrogens is 342 g/mol. The third-order valence-corrected chi connectivity index (χ3v) is 4.08. The Morgan fingerprint density at radius 3 is 2.30 bits per heavy atom.